The van der Waals surface area contributed by atoms with E-state index in [-0.39, 0.29) is 31.2 Å². The van der Waals surface area contributed by atoms with E-state index < -0.39 is 22.0 Å². The predicted octanol–water partition coefficient (Wildman–Crippen LogP) is 3.61. The molecule has 25 heavy (non-hydrogen) atoms. The lowest BCUT2D eigenvalue weighted by molar-refractivity contribution is 0.0685. The molecule has 0 aromatic heterocycles. The van der Waals surface area contributed by atoms with Gasteiger partial charge in [0.25, 0.3) is 10.0 Å². The third-order valence-corrected chi connectivity index (χ3v) is 5.87. The molecule has 7 nitrogen and oxygen atoms in total. The lowest BCUT2D eigenvalue weighted by atomic mass is 10.1. The molecule has 2 aromatic carbocycles. The Bertz CT molecular complexity index is 990. The van der Waals surface area contributed by atoms with Crippen LogP contribution >= 0.6 is 27.5 Å². The highest BCUT2D eigenvalue weighted by molar-refractivity contribution is 9.10. The average Bonchev–Trinajstić information content (AvgIpc) is 2.48. The number of carboxylic acid groups (broad SMARTS) is 2. The first-order chi connectivity index (χ1) is 11.5. The van der Waals surface area contributed by atoms with Crippen LogP contribution in [0.25, 0.3) is 0 Å². The van der Waals surface area contributed by atoms with Crippen molar-refractivity contribution in [2.24, 2.45) is 0 Å². The topological polar surface area (TPSA) is 121 Å². The van der Waals surface area contributed by atoms with Gasteiger partial charge < -0.3 is 10.2 Å². The summed E-state index contributed by atoms with van der Waals surface area (Å²) in [7, 11) is -4.11. The lowest BCUT2D eigenvalue weighted by Crippen LogP contribution is -2.14. The smallest absolute Gasteiger partial charge is 0.337 e. The van der Waals surface area contributed by atoms with Crippen molar-refractivity contribution in [1.82, 2.24) is 0 Å². The normalized spacial score (nSPS) is 11.2. The Morgan fingerprint density at radius 2 is 1.68 bits per heavy atom. The highest BCUT2D eigenvalue weighted by Crippen LogP contribution is 2.31. The maximum Gasteiger partial charge on any atom is 0.337 e. The molecule has 0 heterocycles. The molecular weight excluding hydrogens is 438 g/mol. The first kappa shape index (κ1) is 19.2. The summed E-state index contributed by atoms with van der Waals surface area (Å²) in [5.74, 6) is -2.50. The van der Waals surface area contributed by atoms with Crippen LogP contribution < -0.4 is 4.72 Å². The average molecular weight is 449 g/mol. The van der Waals surface area contributed by atoms with Crippen molar-refractivity contribution < 1.29 is 28.2 Å². The Hall–Kier alpha value is -2.10. The van der Waals surface area contributed by atoms with Gasteiger partial charge >= 0.3 is 11.9 Å². The highest BCUT2D eigenvalue weighted by Gasteiger charge is 2.21. The van der Waals surface area contributed by atoms with Crippen LogP contribution in [0.1, 0.15) is 26.3 Å². The second-order valence-electron chi connectivity index (χ2n) is 5.01. The van der Waals surface area contributed by atoms with Crippen LogP contribution in [0.3, 0.4) is 0 Å². The van der Waals surface area contributed by atoms with Gasteiger partial charge in [0, 0.05) is 10.2 Å². The molecule has 0 atom stereocenters. The molecule has 0 aliphatic rings. The van der Waals surface area contributed by atoms with Gasteiger partial charge in [0.05, 0.1) is 21.0 Å². The highest BCUT2D eigenvalue weighted by atomic mass is 79.9. The summed E-state index contributed by atoms with van der Waals surface area (Å²) in [6, 6.07) is 6.06. The summed E-state index contributed by atoms with van der Waals surface area (Å²) < 4.78 is 27.4. The first-order valence-electron chi connectivity index (χ1n) is 6.62. The van der Waals surface area contributed by atoms with Crippen molar-refractivity contribution in [3.8, 4) is 0 Å². The number of aromatic carboxylic acids is 2. The van der Waals surface area contributed by atoms with E-state index in [4.69, 9.17) is 21.8 Å². The number of sulfonamides is 1. The van der Waals surface area contributed by atoms with Crippen LogP contribution in [-0.2, 0) is 10.0 Å². The summed E-state index contributed by atoms with van der Waals surface area (Å²) in [6.07, 6.45) is 0. The van der Waals surface area contributed by atoms with Gasteiger partial charge in [-0.1, -0.05) is 11.6 Å². The van der Waals surface area contributed by atoms with Crippen LogP contribution in [0.15, 0.2) is 39.7 Å². The lowest BCUT2D eigenvalue weighted by Gasteiger charge is -2.12. The van der Waals surface area contributed by atoms with Gasteiger partial charge in [-0.3, -0.25) is 4.72 Å². The second-order valence-corrected chi connectivity index (χ2v) is 7.93. The molecule has 0 saturated heterocycles. The van der Waals surface area contributed by atoms with Crippen molar-refractivity contribution in [3.63, 3.8) is 0 Å². The fourth-order valence-electron chi connectivity index (χ4n) is 2.06. The molecule has 0 bridgehead atoms. The maximum absolute atomic E-state index is 12.5. The Morgan fingerprint density at radius 3 is 2.20 bits per heavy atom. The van der Waals surface area contributed by atoms with Gasteiger partial charge in [-0.15, -0.1) is 0 Å². The molecule has 0 aliphatic carbocycles. The fourth-order valence-corrected chi connectivity index (χ4v) is 3.96. The monoisotopic (exact) mass is 447 g/mol. The summed E-state index contributed by atoms with van der Waals surface area (Å²) in [6.45, 7) is 1.53. The number of nitrogens with one attached hydrogen (secondary N) is 1. The third-order valence-electron chi connectivity index (χ3n) is 3.25. The van der Waals surface area contributed by atoms with Gasteiger partial charge in [0.1, 0.15) is 0 Å². The maximum atomic E-state index is 12.5. The van der Waals surface area contributed by atoms with Crippen LogP contribution in [0.2, 0.25) is 5.02 Å². The van der Waals surface area contributed by atoms with Crippen LogP contribution in [-0.4, -0.2) is 30.6 Å². The minimum absolute atomic E-state index is 0.0466. The largest absolute Gasteiger partial charge is 0.478 e. The molecule has 10 heteroatoms. The Balaban J connectivity index is 2.45. The zero-order chi connectivity index (χ0) is 18.9. The van der Waals surface area contributed by atoms with Crippen molar-refractivity contribution in [2.75, 3.05) is 4.72 Å². The quantitative estimate of drug-likeness (QED) is 0.642. The van der Waals surface area contributed by atoms with Crippen LogP contribution in [0.4, 0.5) is 5.69 Å². The molecule has 0 aliphatic heterocycles. The number of anilines is 1. The number of halogens is 2. The number of aryl methyl sites for hydroxylation is 1. The Kier molecular flexibility index (Phi) is 5.40. The Morgan fingerprint density at radius 1 is 1.08 bits per heavy atom. The molecule has 132 valence electrons. The molecule has 0 spiro atoms. The summed E-state index contributed by atoms with van der Waals surface area (Å²) in [5.41, 5.74) is 0.195. The number of benzene rings is 2. The number of carboxylic acids is 2. The molecule has 0 amide bonds. The van der Waals surface area contributed by atoms with E-state index in [9.17, 15) is 18.0 Å². The summed E-state index contributed by atoms with van der Waals surface area (Å²) >= 11 is 8.87. The summed E-state index contributed by atoms with van der Waals surface area (Å²) in [5, 5.41) is 18.0. The van der Waals surface area contributed by atoms with Crippen molar-refractivity contribution in [2.45, 2.75) is 11.8 Å². The number of carbonyl (C=O) groups is 2. The van der Waals surface area contributed by atoms with Crippen LogP contribution in [0.5, 0.6) is 0 Å². The van der Waals surface area contributed by atoms with E-state index in [1.807, 2.05) is 0 Å². The van der Waals surface area contributed by atoms with E-state index in [0.717, 1.165) is 6.07 Å². The molecular formula is C15H11BrClNO6S. The van der Waals surface area contributed by atoms with E-state index in [1.165, 1.54) is 31.2 Å². The zero-order valence-corrected chi connectivity index (χ0v) is 15.7. The van der Waals surface area contributed by atoms with E-state index in [2.05, 4.69) is 20.7 Å². The van der Waals surface area contributed by atoms with Gasteiger partial charge in [-0.2, -0.15) is 0 Å². The van der Waals surface area contributed by atoms with Gasteiger partial charge in [0.2, 0.25) is 0 Å². The fraction of sp³-hybridized carbons (Fsp3) is 0.0667. The van der Waals surface area contributed by atoms with Gasteiger partial charge in [0.15, 0.2) is 0 Å². The molecule has 0 unspecified atom stereocenters. The molecule has 0 saturated carbocycles. The molecule has 2 aromatic rings. The molecule has 3 N–H and O–H groups in total. The van der Waals surface area contributed by atoms with Crippen molar-refractivity contribution >= 4 is 55.2 Å². The minimum Gasteiger partial charge on any atom is -0.478 e. The van der Waals surface area contributed by atoms with Crippen molar-refractivity contribution in [3.05, 3.63) is 56.5 Å². The SMILES string of the molecule is Cc1cc(NS(=O)(=O)c2cc(Br)c(Cl)c(C(=O)O)c2)ccc1C(=O)O. The van der Waals surface area contributed by atoms with Crippen LogP contribution in [0, 0.1) is 6.92 Å². The number of rotatable bonds is 5. The Labute approximate surface area is 156 Å². The van der Waals surface area contributed by atoms with Crippen molar-refractivity contribution in [1.29, 1.82) is 0 Å². The van der Waals surface area contributed by atoms with E-state index >= 15 is 0 Å². The molecule has 2 rings (SSSR count). The van der Waals surface area contributed by atoms with Gasteiger partial charge in [-0.25, -0.2) is 18.0 Å². The molecule has 0 radical (unpaired) electrons. The third kappa shape index (κ3) is 4.12. The van der Waals surface area contributed by atoms with E-state index in [1.54, 1.807) is 0 Å². The first-order valence-corrected chi connectivity index (χ1v) is 9.27. The predicted molar refractivity (Wildman–Crippen MR) is 95.1 cm³/mol. The number of hydrogen-bond donors (Lipinski definition) is 3. The second kappa shape index (κ2) is 7.03. The molecule has 0 fully saturated rings. The van der Waals surface area contributed by atoms with Gasteiger partial charge in [-0.05, 0) is 58.7 Å². The van der Waals surface area contributed by atoms with E-state index in [0.29, 0.717) is 5.56 Å². The zero-order valence-electron chi connectivity index (χ0n) is 12.6. The minimum atomic E-state index is -4.11. The summed E-state index contributed by atoms with van der Waals surface area (Å²) in [4.78, 5) is 21.9. The standard InChI is InChI=1S/C15H11BrClNO6S/c1-7-4-8(2-3-10(7)14(19)20)18-25(23,24)9-5-11(15(21)22)13(17)12(16)6-9/h2-6,18H,1H3,(H,19,20)(H,21,22). The number of hydrogen-bond acceptors (Lipinski definition) is 4.